The van der Waals surface area contributed by atoms with Crippen LogP contribution in [-0.4, -0.2) is 40.7 Å². The Balaban J connectivity index is 2.09. The van der Waals surface area contributed by atoms with E-state index in [0.29, 0.717) is 19.3 Å². The number of piperidine rings is 1. The van der Waals surface area contributed by atoms with E-state index in [1.54, 1.807) is 0 Å². The number of rotatable bonds is 3. The number of amides is 3. The van der Waals surface area contributed by atoms with E-state index < -0.39 is 11.5 Å². The molecule has 2 aliphatic rings. The summed E-state index contributed by atoms with van der Waals surface area (Å²) in [5.41, 5.74) is 4.92. The van der Waals surface area contributed by atoms with Crippen molar-refractivity contribution in [1.29, 1.82) is 0 Å². The van der Waals surface area contributed by atoms with Crippen LogP contribution in [-0.2, 0) is 14.4 Å². The molecule has 0 aromatic heterocycles. The molecule has 1 unspecified atom stereocenters. The summed E-state index contributed by atoms with van der Waals surface area (Å²) in [5, 5.41) is 2.73. The number of hydrogen-bond acceptors (Lipinski definition) is 4. The zero-order valence-electron chi connectivity index (χ0n) is 11.5. The lowest BCUT2D eigenvalue weighted by atomic mass is 9.84. The second kappa shape index (κ2) is 5.47. The van der Waals surface area contributed by atoms with Gasteiger partial charge in [0, 0.05) is 13.5 Å². The van der Waals surface area contributed by atoms with Gasteiger partial charge in [-0.15, -0.1) is 0 Å². The summed E-state index contributed by atoms with van der Waals surface area (Å²) in [7, 11) is 1.43. The predicted molar refractivity (Wildman–Crippen MR) is 76.6 cm³/mol. The molecule has 1 atom stereocenters. The van der Waals surface area contributed by atoms with E-state index >= 15 is 0 Å². The molecule has 0 aromatic carbocycles. The van der Waals surface area contributed by atoms with E-state index in [2.05, 4.69) is 5.32 Å². The van der Waals surface area contributed by atoms with E-state index in [0.717, 1.165) is 17.7 Å². The third kappa shape index (κ3) is 2.42. The van der Waals surface area contributed by atoms with Crippen molar-refractivity contribution in [3.8, 4) is 0 Å². The van der Waals surface area contributed by atoms with Crippen LogP contribution in [0.15, 0.2) is 0 Å². The normalized spacial score (nSPS) is 25.6. The zero-order chi connectivity index (χ0) is 14.9. The third-order valence-electron chi connectivity index (χ3n) is 4.32. The van der Waals surface area contributed by atoms with E-state index in [9.17, 15) is 14.4 Å². The molecular weight excluding hydrogens is 278 g/mol. The van der Waals surface area contributed by atoms with Crippen LogP contribution in [0.4, 0.5) is 0 Å². The average molecular weight is 297 g/mol. The van der Waals surface area contributed by atoms with Crippen molar-refractivity contribution in [3.05, 3.63) is 0 Å². The van der Waals surface area contributed by atoms with Crippen molar-refractivity contribution < 1.29 is 14.4 Å². The Bertz CT molecular complexity index is 471. The van der Waals surface area contributed by atoms with Gasteiger partial charge in [0.1, 0.15) is 6.04 Å². The molecule has 1 aliphatic heterocycles. The topological polar surface area (TPSA) is 92.5 Å². The second-order valence-electron chi connectivity index (χ2n) is 5.51. The largest absolute Gasteiger partial charge is 0.392 e. The van der Waals surface area contributed by atoms with Crippen molar-refractivity contribution in [2.75, 3.05) is 7.05 Å². The predicted octanol–water partition coefficient (Wildman–Crippen LogP) is 0.0965. The summed E-state index contributed by atoms with van der Waals surface area (Å²) in [6.45, 7) is 0. The van der Waals surface area contributed by atoms with Crippen molar-refractivity contribution in [3.63, 3.8) is 0 Å². The summed E-state index contributed by atoms with van der Waals surface area (Å²) in [6, 6.07) is -0.656. The van der Waals surface area contributed by atoms with Gasteiger partial charge >= 0.3 is 0 Å². The summed E-state index contributed by atoms with van der Waals surface area (Å²) < 4.78 is 0. The Morgan fingerprint density at radius 1 is 1.40 bits per heavy atom. The Kier molecular flexibility index (Phi) is 4.08. The molecule has 0 radical (unpaired) electrons. The van der Waals surface area contributed by atoms with E-state index in [-0.39, 0.29) is 29.1 Å². The number of hydrogen-bond donors (Lipinski definition) is 2. The van der Waals surface area contributed by atoms with Crippen LogP contribution >= 0.6 is 12.2 Å². The molecule has 3 N–H and O–H groups in total. The lowest BCUT2D eigenvalue weighted by Gasteiger charge is -2.32. The Hall–Kier alpha value is -1.50. The van der Waals surface area contributed by atoms with Gasteiger partial charge in [-0.05, 0) is 19.3 Å². The fourth-order valence-electron chi connectivity index (χ4n) is 2.91. The highest BCUT2D eigenvalue weighted by molar-refractivity contribution is 7.80. The number of carbonyl (C=O) groups excluding carboxylic acids is 3. The molecule has 0 bridgehead atoms. The molecular formula is C13H19N3O3S. The molecule has 2 fully saturated rings. The fourth-order valence-corrected chi connectivity index (χ4v) is 3.21. The number of imide groups is 1. The van der Waals surface area contributed by atoms with E-state index in [4.69, 9.17) is 18.0 Å². The van der Waals surface area contributed by atoms with Crippen LogP contribution in [0.5, 0.6) is 0 Å². The highest BCUT2D eigenvalue weighted by Gasteiger charge is 2.45. The number of nitrogens with zero attached hydrogens (tertiary/aromatic N) is 1. The first kappa shape index (κ1) is 14.9. The first-order chi connectivity index (χ1) is 9.38. The molecule has 20 heavy (non-hydrogen) atoms. The van der Waals surface area contributed by atoms with Crippen LogP contribution in [0.3, 0.4) is 0 Å². The minimum absolute atomic E-state index is 0.195. The summed E-state index contributed by atoms with van der Waals surface area (Å²) in [6.07, 6.45) is 3.66. The molecule has 7 heteroatoms. The lowest BCUT2D eigenvalue weighted by molar-refractivity contribution is -0.150. The zero-order valence-corrected chi connectivity index (χ0v) is 12.3. The van der Waals surface area contributed by atoms with Crippen LogP contribution in [0.2, 0.25) is 0 Å². The monoisotopic (exact) mass is 297 g/mol. The molecule has 1 aliphatic carbocycles. The average Bonchev–Trinajstić information content (AvgIpc) is 2.90. The quantitative estimate of drug-likeness (QED) is 0.569. The standard InChI is InChI=1S/C13H19N3O3S/c1-16-9(17)5-4-8(10(16)18)15-12(19)13(11(14)20)6-2-3-7-13/h8H,2-7H2,1H3,(H2,14,20)(H,15,19). The molecule has 2 rings (SSSR count). The van der Waals surface area contributed by atoms with Gasteiger partial charge in [0.15, 0.2) is 0 Å². The Morgan fingerprint density at radius 3 is 2.55 bits per heavy atom. The molecule has 1 saturated carbocycles. The molecule has 6 nitrogen and oxygen atoms in total. The van der Waals surface area contributed by atoms with Crippen molar-refractivity contribution in [2.24, 2.45) is 11.1 Å². The minimum Gasteiger partial charge on any atom is -0.392 e. The van der Waals surface area contributed by atoms with Gasteiger partial charge in [-0.25, -0.2) is 0 Å². The van der Waals surface area contributed by atoms with Gasteiger partial charge in [0.25, 0.3) is 5.91 Å². The molecule has 1 saturated heterocycles. The number of thiocarbonyl (C=S) groups is 1. The van der Waals surface area contributed by atoms with Crippen molar-refractivity contribution >= 4 is 34.9 Å². The smallest absolute Gasteiger partial charge is 0.251 e. The SMILES string of the molecule is CN1C(=O)CCC(NC(=O)C2(C(N)=S)CCCC2)C1=O. The maximum atomic E-state index is 12.5. The summed E-state index contributed by atoms with van der Waals surface area (Å²) >= 11 is 5.05. The molecule has 0 aromatic rings. The first-order valence-corrected chi connectivity index (χ1v) is 7.20. The van der Waals surface area contributed by atoms with Crippen molar-refractivity contribution in [1.82, 2.24) is 10.2 Å². The fraction of sp³-hybridized carbons (Fsp3) is 0.692. The van der Waals surface area contributed by atoms with Gasteiger partial charge in [0.05, 0.1) is 10.4 Å². The number of likely N-dealkylation sites (tertiary alicyclic amines) is 1. The number of nitrogens with one attached hydrogen (secondary N) is 1. The highest BCUT2D eigenvalue weighted by Crippen LogP contribution is 2.39. The Labute approximate surface area is 123 Å². The maximum absolute atomic E-state index is 12.5. The first-order valence-electron chi connectivity index (χ1n) is 6.80. The highest BCUT2D eigenvalue weighted by atomic mass is 32.1. The van der Waals surface area contributed by atoms with Gasteiger partial charge in [-0.2, -0.15) is 0 Å². The molecule has 0 spiro atoms. The number of likely N-dealkylation sites (N-methyl/N-ethyl adjacent to an activating group) is 1. The van der Waals surface area contributed by atoms with Crippen molar-refractivity contribution in [2.45, 2.75) is 44.6 Å². The van der Waals surface area contributed by atoms with E-state index in [1.165, 1.54) is 7.05 Å². The summed E-state index contributed by atoms with van der Waals surface area (Å²) in [4.78, 5) is 37.1. The van der Waals surface area contributed by atoms with Crippen LogP contribution in [0.25, 0.3) is 0 Å². The number of nitrogens with two attached hydrogens (primary N) is 1. The maximum Gasteiger partial charge on any atom is 0.251 e. The third-order valence-corrected chi connectivity index (χ3v) is 4.71. The summed E-state index contributed by atoms with van der Waals surface area (Å²) in [5.74, 6) is -0.861. The van der Waals surface area contributed by atoms with Crippen LogP contribution in [0.1, 0.15) is 38.5 Å². The van der Waals surface area contributed by atoms with Crippen LogP contribution < -0.4 is 11.1 Å². The Morgan fingerprint density at radius 2 is 2.00 bits per heavy atom. The van der Waals surface area contributed by atoms with Gasteiger partial charge in [-0.1, -0.05) is 25.1 Å². The molecule has 1 heterocycles. The van der Waals surface area contributed by atoms with Gasteiger partial charge in [0.2, 0.25) is 11.8 Å². The lowest BCUT2D eigenvalue weighted by Crippen LogP contribution is -2.57. The second-order valence-corrected chi connectivity index (χ2v) is 5.95. The van der Waals surface area contributed by atoms with Gasteiger partial charge < -0.3 is 11.1 Å². The minimum atomic E-state index is -0.824. The van der Waals surface area contributed by atoms with Crippen LogP contribution in [0, 0.1) is 5.41 Å². The number of carbonyl (C=O) groups is 3. The van der Waals surface area contributed by atoms with Gasteiger partial charge in [-0.3, -0.25) is 19.3 Å². The van der Waals surface area contributed by atoms with E-state index in [1.807, 2.05) is 0 Å². The molecule has 110 valence electrons. The molecule has 3 amide bonds.